The van der Waals surface area contributed by atoms with Crippen LogP contribution < -0.4 is 0 Å². The third-order valence-corrected chi connectivity index (χ3v) is 21.1. The van der Waals surface area contributed by atoms with Crippen molar-refractivity contribution < 1.29 is 113 Å². The Kier molecular flexibility index (Phi) is 16.7. The Morgan fingerprint density at radius 2 is 1.18 bits per heavy atom. The zero-order valence-electron chi connectivity index (χ0n) is 45.4. The van der Waals surface area contributed by atoms with E-state index in [1.807, 2.05) is 13.8 Å². The molecule has 0 radical (unpaired) electrons. The number of esters is 2. The third-order valence-electron chi connectivity index (χ3n) is 21.1. The SMILES string of the molecule is CC(=O)OC1C(OC2CCC3(C)C(CCC4(C)C3CC=C3C5C(O)C(C)(C)CCC5(C(=O)OC5OC(CO)C(O)C(O)C5O)CCC34C)C2(C)C)OCC(O)C1OC1OC(CO)C(O)C(O)C1OC1OCC(O)C(O)C1O. The van der Waals surface area contributed by atoms with E-state index in [1.54, 1.807) is 0 Å². The summed E-state index contributed by atoms with van der Waals surface area (Å²) in [5.74, 6) is -1.84. The van der Waals surface area contributed by atoms with Gasteiger partial charge in [0.05, 0.1) is 44.1 Å². The average molecular weight is 1100 g/mol. The minimum Gasteiger partial charge on any atom is -0.454 e. The lowest BCUT2D eigenvalue weighted by atomic mass is 9.33. The summed E-state index contributed by atoms with van der Waals surface area (Å²) in [5.41, 5.74) is -2.31. The lowest BCUT2D eigenvalue weighted by Gasteiger charge is -2.71. The van der Waals surface area contributed by atoms with Crippen molar-refractivity contribution in [2.45, 2.75) is 236 Å². The molecule has 4 heterocycles. The minimum atomic E-state index is -1.85. The smallest absolute Gasteiger partial charge is 0.315 e. The summed E-state index contributed by atoms with van der Waals surface area (Å²) in [6.07, 6.45) is -22.5. The van der Waals surface area contributed by atoms with E-state index >= 15 is 0 Å². The summed E-state index contributed by atoms with van der Waals surface area (Å²) in [5, 5.41) is 129. The highest BCUT2D eigenvalue weighted by molar-refractivity contribution is 5.79. The fourth-order valence-electron chi connectivity index (χ4n) is 16.2. The predicted molar refractivity (Wildman–Crippen MR) is 262 cm³/mol. The molecule has 9 aliphatic rings. The molecule has 4 saturated carbocycles. The second kappa shape index (κ2) is 21.6. The maximum Gasteiger partial charge on any atom is 0.315 e. The number of hydrogen-bond acceptors (Lipinski definition) is 23. The van der Waals surface area contributed by atoms with E-state index in [4.69, 9.17) is 42.6 Å². The molecule has 0 aromatic rings. The molecule has 23 heteroatoms. The van der Waals surface area contributed by atoms with Crippen LogP contribution in [0.25, 0.3) is 0 Å². The Balaban J connectivity index is 0.953. The summed E-state index contributed by atoms with van der Waals surface area (Å²) < 4.78 is 53.9. The van der Waals surface area contributed by atoms with Gasteiger partial charge in [0, 0.05) is 12.8 Å². The standard InChI is InChI=1S/C54H86O23/c1-23(57)71-42-40(75-47-41(37(64)35(62)28(20-56)73-47)76-44-38(65)33(60)25(58)21-69-44)26(59)22-70-46(42)74-31-12-13-51(6)29(50(31,4)5)11-14-53(8)30(51)10-9-24-32-43(67)49(2,3)15-17-54(32,18-16-52(24,53)7)48(68)77-45-39(66)36(63)34(61)27(19-55)72-45/h9,25-47,55-56,58-67H,10-22H2,1-8H3. The molecule has 4 aliphatic heterocycles. The molecule has 12 N–H and O–H groups in total. The van der Waals surface area contributed by atoms with Crippen molar-refractivity contribution in [3.8, 4) is 0 Å². The second-order valence-electron chi connectivity index (χ2n) is 26.0. The number of fused-ring (bicyclic) bond motifs is 7. The fraction of sp³-hybridized carbons (Fsp3) is 0.926. The van der Waals surface area contributed by atoms with Crippen LogP contribution in [0, 0.1) is 50.2 Å². The Labute approximate surface area is 448 Å². The monoisotopic (exact) mass is 1100 g/mol. The fourth-order valence-corrected chi connectivity index (χ4v) is 16.2. The van der Waals surface area contributed by atoms with Crippen molar-refractivity contribution in [3.63, 3.8) is 0 Å². The van der Waals surface area contributed by atoms with Crippen LogP contribution in [0.3, 0.4) is 0 Å². The van der Waals surface area contributed by atoms with Gasteiger partial charge in [0.1, 0.15) is 79.4 Å². The van der Waals surface area contributed by atoms with Crippen molar-refractivity contribution in [3.05, 3.63) is 11.6 Å². The predicted octanol–water partition coefficient (Wildman–Crippen LogP) is -1.22. The van der Waals surface area contributed by atoms with Gasteiger partial charge in [-0.3, -0.25) is 9.59 Å². The quantitative estimate of drug-likeness (QED) is 0.0656. The number of aliphatic hydroxyl groups excluding tert-OH is 12. The molecule has 23 nitrogen and oxygen atoms in total. The second-order valence-corrected chi connectivity index (χ2v) is 26.0. The lowest BCUT2D eigenvalue weighted by molar-refractivity contribution is -0.381. The van der Waals surface area contributed by atoms with Crippen molar-refractivity contribution >= 4 is 11.9 Å². The molecular formula is C54H86O23. The number of ether oxygens (including phenoxy) is 9. The number of hydrogen-bond donors (Lipinski definition) is 12. The summed E-state index contributed by atoms with van der Waals surface area (Å²) in [7, 11) is 0. The van der Waals surface area contributed by atoms with E-state index in [-0.39, 0.29) is 29.3 Å². The minimum absolute atomic E-state index is 0.0862. The van der Waals surface area contributed by atoms with Crippen LogP contribution in [0.15, 0.2) is 11.6 Å². The molecule has 0 spiro atoms. The zero-order valence-corrected chi connectivity index (χ0v) is 45.4. The first-order valence-electron chi connectivity index (χ1n) is 27.6. The summed E-state index contributed by atoms with van der Waals surface area (Å²) in [6.45, 7) is 14.2. The van der Waals surface area contributed by atoms with Gasteiger partial charge in [-0.2, -0.15) is 0 Å². The Morgan fingerprint density at radius 3 is 1.84 bits per heavy atom. The van der Waals surface area contributed by atoms with Gasteiger partial charge >= 0.3 is 11.9 Å². The number of carbonyl (C=O) groups is 2. The van der Waals surface area contributed by atoms with E-state index in [2.05, 4.69) is 40.7 Å². The highest BCUT2D eigenvalue weighted by atomic mass is 16.8. The lowest BCUT2D eigenvalue weighted by Crippen LogP contribution is -2.67. The van der Waals surface area contributed by atoms with Gasteiger partial charge in [0.25, 0.3) is 0 Å². The zero-order chi connectivity index (χ0) is 56.3. The summed E-state index contributed by atoms with van der Waals surface area (Å²) >= 11 is 0. The number of aliphatic hydroxyl groups is 12. The molecule has 0 aromatic carbocycles. The molecular weight excluding hydrogens is 1020 g/mol. The van der Waals surface area contributed by atoms with Crippen molar-refractivity contribution in [2.24, 2.45) is 50.2 Å². The van der Waals surface area contributed by atoms with Crippen LogP contribution in [-0.2, 0) is 52.2 Å². The van der Waals surface area contributed by atoms with Crippen LogP contribution in [0.5, 0.6) is 0 Å². The van der Waals surface area contributed by atoms with Gasteiger partial charge < -0.3 is 104 Å². The van der Waals surface area contributed by atoms with Crippen molar-refractivity contribution in [1.82, 2.24) is 0 Å². The number of rotatable bonds is 11. The molecule has 0 amide bonds. The van der Waals surface area contributed by atoms with Gasteiger partial charge in [-0.25, -0.2) is 0 Å². The molecule has 27 unspecified atom stereocenters. The molecule has 8 fully saturated rings. The number of carbonyl (C=O) groups excluding carboxylic acids is 2. The van der Waals surface area contributed by atoms with E-state index in [0.717, 1.165) is 24.8 Å². The first-order chi connectivity index (χ1) is 36.0. The average Bonchev–Trinajstić information content (AvgIpc) is 3.51. The number of allylic oxidation sites excluding steroid dienone is 1. The topological polar surface area (TPSA) is 360 Å². The maximum absolute atomic E-state index is 14.8. The highest BCUT2D eigenvalue weighted by Gasteiger charge is 2.71. The normalized spacial score (nSPS) is 52.4. The van der Waals surface area contributed by atoms with Crippen LogP contribution in [-0.4, -0.2) is 222 Å². The maximum atomic E-state index is 14.8. The molecule has 440 valence electrons. The van der Waals surface area contributed by atoms with Crippen molar-refractivity contribution in [2.75, 3.05) is 26.4 Å². The van der Waals surface area contributed by atoms with E-state index < -0.39 is 182 Å². The summed E-state index contributed by atoms with van der Waals surface area (Å²) in [4.78, 5) is 27.7. The molecule has 5 aliphatic carbocycles. The molecule has 9 rings (SSSR count). The third kappa shape index (κ3) is 9.76. The first kappa shape index (κ1) is 59.5. The summed E-state index contributed by atoms with van der Waals surface area (Å²) in [6, 6.07) is 0. The molecule has 27 atom stereocenters. The van der Waals surface area contributed by atoms with E-state index in [1.165, 1.54) is 6.92 Å². The van der Waals surface area contributed by atoms with E-state index in [9.17, 15) is 70.9 Å². The molecule has 0 bridgehead atoms. The molecule has 77 heavy (non-hydrogen) atoms. The van der Waals surface area contributed by atoms with Gasteiger partial charge in [-0.15, -0.1) is 0 Å². The van der Waals surface area contributed by atoms with Crippen molar-refractivity contribution in [1.29, 1.82) is 0 Å². The van der Waals surface area contributed by atoms with Crippen LogP contribution in [0.4, 0.5) is 0 Å². The highest BCUT2D eigenvalue weighted by Crippen LogP contribution is 2.76. The van der Waals surface area contributed by atoms with Crippen LogP contribution >= 0.6 is 0 Å². The molecule has 4 saturated heterocycles. The van der Waals surface area contributed by atoms with E-state index in [0.29, 0.717) is 38.5 Å². The first-order valence-corrected chi connectivity index (χ1v) is 27.6. The van der Waals surface area contributed by atoms with Gasteiger partial charge in [-0.05, 0) is 96.7 Å². The van der Waals surface area contributed by atoms with Crippen LogP contribution in [0.2, 0.25) is 0 Å². The Morgan fingerprint density at radius 1 is 0.584 bits per heavy atom. The Bertz CT molecular complexity index is 2160. The molecule has 0 aromatic heterocycles. The Hall–Kier alpha value is -2.08. The largest absolute Gasteiger partial charge is 0.454 e. The van der Waals surface area contributed by atoms with Gasteiger partial charge in [0.2, 0.25) is 6.29 Å². The van der Waals surface area contributed by atoms with Gasteiger partial charge in [-0.1, -0.05) is 60.1 Å². The van der Waals surface area contributed by atoms with Crippen LogP contribution in [0.1, 0.15) is 113 Å². The van der Waals surface area contributed by atoms with Gasteiger partial charge in [0.15, 0.2) is 25.0 Å².